The maximum Gasteiger partial charge on any atom is 0.322 e. The van der Waals surface area contributed by atoms with Crippen molar-refractivity contribution in [3.63, 3.8) is 0 Å². The molecule has 0 aliphatic carbocycles. The Morgan fingerprint density at radius 1 is 1.03 bits per heavy atom. The minimum Gasteiger partial charge on any atom is -0.504 e. The van der Waals surface area contributed by atoms with Crippen molar-refractivity contribution in [3.05, 3.63) is 65.5 Å². The molecule has 0 bridgehead atoms. The molecule has 3 aromatic rings. The summed E-state index contributed by atoms with van der Waals surface area (Å²) in [6.07, 6.45) is 5.44. The molecule has 1 aromatic carbocycles. The molecule has 10 heteroatoms. The summed E-state index contributed by atoms with van der Waals surface area (Å²) in [5.41, 5.74) is 4.28. The molecule has 204 valence electrons. The minimum atomic E-state index is -1.18. The third kappa shape index (κ3) is 7.37. The number of hydrogen-bond donors (Lipinski definition) is 3. The van der Waals surface area contributed by atoms with E-state index in [1.807, 2.05) is 18.3 Å². The molecule has 0 spiro atoms. The molecule has 3 heterocycles. The molecule has 0 radical (unpaired) electrons. The van der Waals surface area contributed by atoms with Crippen molar-refractivity contribution in [3.8, 4) is 16.9 Å². The highest BCUT2D eigenvalue weighted by Gasteiger charge is 2.23. The quantitative estimate of drug-likeness (QED) is 0.358. The molecule has 0 saturated carbocycles. The molecule has 1 amide bonds. The molecular weight excluding hydrogens is 498 g/mol. The summed E-state index contributed by atoms with van der Waals surface area (Å²) in [5.74, 6) is -1.29. The number of Topliss-reactive ketones (excluding diaryl/α,β-unsaturated/α-hetero) is 1. The summed E-state index contributed by atoms with van der Waals surface area (Å²) in [5, 5.41) is 21.2. The van der Waals surface area contributed by atoms with E-state index in [2.05, 4.69) is 49.4 Å². The molecule has 1 saturated heterocycles. The van der Waals surface area contributed by atoms with Crippen LogP contribution in [0.25, 0.3) is 11.1 Å². The fourth-order valence-electron chi connectivity index (χ4n) is 4.68. The molecular formula is C29H33N5O5. The first-order valence-corrected chi connectivity index (χ1v) is 13.1. The Bertz CT molecular complexity index is 1330. The zero-order valence-corrected chi connectivity index (χ0v) is 22.2. The number of carboxylic acids is 1. The number of benzene rings is 1. The van der Waals surface area contributed by atoms with Gasteiger partial charge in [-0.05, 0) is 62.8 Å². The van der Waals surface area contributed by atoms with Crippen LogP contribution < -0.4 is 10.2 Å². The van der Waals surface area contributed by atoms with Crippen LogP contribution in [0.15, 0.2) is 42.6 Å². The number of aliphatic carboxylic acids is 1. The largest absolute Gasteiger partial charge is 0.504 e. The van der Waals surface area contributed by atoms with Gasteiger partial charge >= 0.3 is 5.97 Å². The maximum atomic E-state index is 12.3. The number of carbonyl (C=O) groups excluding carboxylic acids is 2. The fraction of sp³-hybridized carbons (Fsp3) is 0.379. The smallest absolute Gasteiger partial charge is 0.322 e. The van der Waals surface area contributed by atoms with E-state index in [0.29, 0.717) is 36.7 Å². The van der Waals surface area contributed by atoms with Crippen LogP contribution >= 0.6 is 0 Å². The van der Waals surface area contributed by atoms with Crippen molar-refractivity contribution in [2.75, 3.05) is 24.5 Å². The monoisotopic (exact) mass is 531 g/mol. The van der Waals surface area contributed by atoms with E-state index in [1.54, 1.807) is 13.8 Å². The van der Waals surface area contributed by atoms with Gasteiger partial charge in [-0.25, -0.2) is 9.97 Å². The second-order valence-electron chi connectivity index (χ2n) is 9.92. The van der Waals surface area contributed by atoms with Gasteiger partial charge in [0.15, 0.2) is 11.4 Å². The van der Waals surface area contributed by atoms with Crippen molar-refractivity contribution in [2.45, 2.75) is 46.0 Å². The van der Waals surface area contributed by atoms with Crippen molar-refractivity contribution in [1.29, 1.82) is 0 Å². The van der Waals surface area contributed by atoms with Crippen LogP contribution in [0.4, 0.5) is 5.69 Å². The molecule has 4 rings (SSSR count). The van der Waals surface area contributed by atoms with E-state index in [9.17, 15) is 19.5 Å². The minimum absolute atomic E-state index is 0.164. The number of aromatic hydroxyl groups is 1. The van der Waals surface area contributed by atoms with Crippen LogP contribution in [0.5, 0.6) is 5.75 Å². The van der Waals surface area contributed by atoms with Gasteiger partial charge in [0.2, 0.25) is 0 Å². The topological polar surface area (TPSA) is 146 Å². The number of nitrogens with one attached hydrogen (secondary N) is 1. The third-order valence-electron chi connectivity index (χ3n) is 6.93. The lowest BCUT2D eigenvalue weighted by Crippen LogP contribution is -2.34. The van der Waals surface area contributed by atoms with Crippen LogP contribution in [0.3, 0.4) is 0 Å². The summed E-state index contributed by atoms with van der Waals surface area (Å²) in [4.78, 5) is 49.7. The highest BCUT2D eigenvalue weighted by Crippen LogP contribution is 2.28. The fourth-order valence-corrected chi connectivity index (χ4v) is 4.68. The van der Waals surface area contributed by atoms with Gasteiger partial charge in [-0.3, -0.25) is 14.6 Å². The van der Waals surface area contributed by atoms with Crippen LogP contribution in [0.1, 0.15) is 53.9 Å². The summed E-state index contributed by atoms with van der Waals surface area (Å²) in [7, 11) is 0. The normalized spacial score (nSPS) is 13.7. The first kappa shape index (κ1) is 27.7. The SMILES string of the molecule is CC(=O)CCc1ccc(-c2ccc(N3CCC(Cc4nc(C)c(O)c(C(=O)NCC(=O)O)n4)CC3)cc2)cn1. The number of aryl methyl sites for hydroxylation is 2. The number of amides is 1. The van der Waals surface area contributed by atoms with E-state index in [1.165, 1.54) is 0 Å². The number of piperidine rings is 1. The van der Waals surface area contributed by atoms with Gasteiger partial charge in [-0.15, -0.1) is 0 Å². The van der Waals surface area contributed by atoms with E-state index >= 15 is 0 Å². The van der Waals surface area contributed by atoms with Crippen LogP contribution in [0.2, 0.25) is 0 Å². The molecule has 10 nitrogen and oxygen atoms in total. The zero-order valence-electron chi connectivity index (χ0n) is 22.2. The molecule has 1 aliphatic rings. The molecule has 3 N–H and O–H groups in total. The average molecular weight is 532 g/mol. The number of rotatable bonds is 10. The van der Waals surface area contributed by atoms with Crippen molar-refractivity contribution >= 4 is 23.3 Å². The van der Waals surface area contributed by atoms with Crippen LogP contribution in [-0.2, 0) is 22.4 Å². The third-order valence-corrected chi connectivity index (χ3v) is 6.93. The predicted molar refractivity (Wildman–Crippen MR) is 146 cm³/mol. The molecule has 2 aromatic heterocycles. The number of carbonyl (C=O) groups is 3. The summed E-state index contributed by atoms with van der Waals surface area (Å²) in [6, 6.07) is 12.4. The molecule has 0 atom stereocenters. The average Bonchev–Trinajstić information content (AvgIpc) is 2.93. The Morgan fingerprint density at radius 3 is 2.33 bits per heavy atom. The Labute approximate surface area is 227 Å². The van der Waals surface area contributed by atoms with Gasteiger partial charge in [-0.1, -0.05) is 18.2 Å². The Kier molecular flexibility index (Phi) is 8.85. The van der Waals surface area contributed by atoms with Crippen molar-refractivity contribution in [1.82, 2.24) is 20.3 Å². The number of ketones is 1. The van der Waals surface area contributed by atoms with E-state index in [0.717, 1.165) is 48.4 Å². The predicted octanol–water partition coefficient (Wildman–Crippen LogP) is 3.35. The first-order valence-electron chi connectivity index (χ1n) is 13.1. The van der Waals surface area contributed by atoms with Gasteiger partial charge in [0.25, 0.3) is 5.91 Å². The highest BCUT2D eigenvalue weighted by molar-refractivity contribution is 5.96. The number of pyridine rings is 1. The van der Waals surface area contributed by atoms with Gasteiger partial charge in [0.05, 0.1) is 5.69 Å². The number of carboxylic acid groups (broad SMARTS) is 1. The van der Waals surface area contributed by atoms with Gasteiger partial charge in [0, 0.05) is 49.1 Å². The molecule has 1 fully saturated rings. The highest BCUT2D eigenvalue weighted by atomic mass is 16.4. The summed E-state index contributed by atoms with van der Waals surface area (Å²) >= 11 is 0. The van der Waals surface area contributed by atoms with Crippen molar-refractivity contribution < 1.29 is 24.6 Å². The Balaban J connectivity index is 1.33. The summed E-state index contributed by atoms with van der Waals surface area (Å²) < 4.78 is 0. The number of aromatic nitrogens is 3. The Hall–Kier alpha value is -4.34. The zero-order chi connectivity index (χ0) is 27.9. The van der Waals surface area contributed by atoms with Gasteiger partial charge in [-0.2, -0.15) is 0 Å². The maximum absolute atomic E-state index is 12.3. The van der Waals surface area contributed by atoms with Crippen LogP contribution in [0, 0.1) is 12.8 Å². The lowest BCUT2D eigenvalue weighted by atomic mass is 9.92. The number of anilines is 1. The van der Waals surface area contributed by atoms with Gasteiger partial charge in [0.1, 0.15) is 18.2 Å². The molecule has 0 unspecified atom stereocenters. The van der Waals surface area contributed by atoms with E-state index < -0.39 is 18.4 Å². The van der Waals surface area contributed by atoms with E-state index in [-0.39, 0.29) is 17.2 Å². The van der Waals surface area contributed by atoms with Crippen molar-refractivity contribution in [2.24, 2.45) is 5.92 Å². The van der Waals surface area contributed by atoms with E-state index in [4.69, 9.17) is 5.11 Å². The standard InChI is InChI=1S/C29H33N5O5/c1-18(35)3-7-23-8-4-22(16-30-23)21-5-9-24(10-6-21)34-13-11-20(12-14-34)15-25-32-19(2)28(38)27(33-25)29(39)31-17-26(36)37/h4-6,8-10,16,20,38H,3,7,11-15,17H2,1-2H3,(H,31,39)(H,36,37). The lowest BCUT2D eigenvalue weighted by molar-refractivity contribution is -0.135. The number of hydrogen-bond acceptors (Lipinski definition) is 8. The number of nitrogens with zero attached hydrogens (tertiary/aromatic N) is 4. The van der Waals surface area contributed by atoms with Gasteiger partial charge < -0.3 is 25.2 Å². The lowest BCUT2D eigenvalue weighted by Gasteiger charge is -2.33. The molecule has 39 heavy (non-hydrogen) atoms. The second kappa shape index (κ2) is 12.5. The second-order valence-corrected chi connectivity index (χ2v) is 9.92. The van der Waals surface area contributed by atoms with Crippen LogP contribution in [-0.4, -0.2) is 62.5 Å². The summed E-state index contributed by atoms with van der Waals surface area (Å²) in [6.45, 7) is 4.38. The first-order chi connectivity index (χ1) is 18.7. The Morgan fingerprint density at radius 2 is 1.72 bits per heavy atom. The molecule has 1 aliphatic heterocycles.